The molecular formula is C13H22N2O3. The zero-order chi connectivity index (χ0) is 13.1. The van der Waals surface area contributed by atoms with Gasteiger partial charge < -0.3 is 14.9 Å². The molecule has 2 fully saturated rings. The standard InChI is InChI=1S/C13H22N2O3/c1-10(16)12(17)14-6-8-15(9-7-14)13(18)11-4-2-3-5-11/h10-11,16H,2-9H2,1H3. The van der Waals surface area contributed by atoms with E-state index in [1.165, 1.54) is 6.92 Å². The first kappa shape index (κ1) is 13.3. The smallest absolute Gasteiger partial charge is 0.251 e. The van der Waals surface area contributed by atoms with E-state index in [0.29, 0.717) is 26.2 Å². The van der Waals surface area contributed by atoms with Crippen molar-refractivity contribution in [1.82, 2.24) is 9.80 Å². The molecule has 2 aliphatic rings. The quantitative estimate of drug-likeness (QED) is 0.767. The number of carbonyl (C=O) groups is 2. The minimum absolute atomic E-state index is 0.212. The van der Waals surface area contributed by atoms with Crippen molar-refractivity contribution in [2.45, 2.75) is 38.7 Å². The molecule has 1 saturated carbocycles. The number of aliphatic hydroxyl groups excluding tert-OH is 1. The lowest BCUT2D eigenvalue weighted by atomic mass is 10.1. The minimum atomic E-state index is -0.943. The summed E-state index contributed by atoms with van der Waals surface area (Å²) < 4.78 is 0. The highest BCUT2D eigenvalue weighted by molar-refractivity contribution is 5.81. The highest BCUT2D eigenvalue weighted by Gasteiger charge is 2.31. The summed E-state index contributed by atoms with van der Waals surface area (Å²) in [5.74, 6) is 0.239. The Kier molecular flexibility index (Phi) is 4.22. The maximum atomic E-state index is 12.2. The van der Waals surface area contributed by atoms with Crippen LogP contribution in [0.25, 0.3) is 0 Å². The lowest BCUT2D eigenvalue weighted by molar-refractivity contribution is -0.146. The summed E-state index contributed by atoms with van der Waals surface area (Å²) >= 11 is 0. The fraction of sp³-hybridized carbons (Fsp3) is 0.846. The molecular weight excluding hydrogens is 232 g/mol. The molecule has 5 nitrogen and oxygen atoms in total. The highest BCUT2D eigenvalue weighted by atomic mass is 16.3. The average molecular weight is 254 g/mol. The molecule has 2 rings (SSSR count). The van der Waals surface area contributed by atoms with Crippen molar-refractivity contribution >= 4 is 11.8 Å². The maximum absolute atomic E-state index is 12.2. The molecule has 5 heteroatoms. The van der Waals surface area contributed by atoms with Gasteiger partial charge in [0.25, 0.3) is 5.91 Å². The average Bonchev–Trinajstić information content (AvgIpc) is 2.91. The van der Waals surface area contributed by atoms with E-state index in [1.54, 1.807) is 4.90 Å². The predicted molar refractivity (Wildman–Crippen MR) is 66.8 cm³/mol. The van der Waals surface area contributed by atoms with Gasteiger partial charge in [-0.25, -0.2) is 0 Å². The number of aliphatic hydroxyl groups is 1. The molecule has 1 unspecified atom stereocenters. The Morgan fingerprint density at radius 2 is 1.56 bits per heavy atom. The van der Waals surface area contributed by atoms with E-state index in [4.69, 9.17) is 0 Å². The summed E-state index contributed by atoms with van der Waals surface area (Å²) in [6, 6.07) is 0. The Morgan fingerprint density at radius 3 is 2.06 bits per heavy atom. The Morgan fingerprint density at radius 1 is 1.06 bits per heavy atom. The monoisotopic (exact) mass is 254 g/mol. The van der Waals surface area contributed by atoms with Crippen LogP contribution in [0.4, 0.5) is 0 Å². The number of carbonyl (C=O) groups excluding carboxylic acids is 2. The van der Waals surface area contributed by atoms with E-state index >= 15 is 0 Å². The van der Waals surface area contributed by atoms with Crippen molar-refractivity contribution < 1.29 is 14.7 Å². The first-order valence-corrected chi connectivity index (χ1v) is 6.85. The Balaban J connectivity index is 1.82. The molecule has 1 heterocycles. The van der Waals surface area contributed by atoms with E-state index in [2.05, 4.69) is 0 Å². The molecule has 0 aromatic rings. The normalized spacial score (nSPS) is 23.2. The van der Waals surface area contributed by atoms with Gasteiger partial charge in [0.05, 0.1) is 0 Å². The van der Waals surface area contributed by atoms with Crippen LogP contribution in [0.5, 0.6) is 0 Å². The molecule has 0 radical (unpaired) electrons. The summed E-state index contributed by atoms with van der Waals surface area (Å²) in [7, 11) is 0. The van der Waals surface area contributed by atoms with Gasteiger partial charge >= 0.3 is 0 Å². The van der Waals surface area contributed by atoms with Gasteiger partial charge in [0.15, 0.2) is 0 Å². The van der Waals surface area contributed by atoms with Crippen LogP contribution in [0.1, 0.15) is 32.6 Å². The number of rotatable bonds is 2. The number of nitrogens with zero attached hydrogens (tertiary/aromatic N) is 2. The van der Waals surface area contributed by atoms with Crippen molar-refractivity contribution in [3.05, 3.63) is 0 Å². The highest BCUT2D eigenvalue weighted by Crippen LogP contribution is 2.26. The molecule has 1 aliphatic carbocycles. The van der Waals surface area contributed by atoms with Crippen LogP contribution in [-0.4, -0.2) is 59.0 Å². The van der Waals surface area contributed by atoms with Crippen molar-refractivity contribution in [2.24, 2.45) is 5.92 Å². The Bertz CT molecular complexity index is 316. The summed E-state index contributed by atoms with van der Waals surface area (Å²) in [5.41, 5.74) is 0. The molecule has 1 saturated heterocycles. The molecule has 1 N–H and O–H groups in total. The van der Waals surface area contributed by atoms with E-state index in [9.17, 15) is 14.7 Å². The van der Waals surface area contributed by atoms with Gasteiger partial charge in [0.1, 0.15) is 6.10 Å². The summed E-state index contributed by atoms with van der Waals surface area (Å²) in [4.78, 5) is 27.3. The molecule has 2 amide bonds. The topological polar surface area (TPSA) is 60.9 Å². The Hall–Kier alpha value is -1.10. The second-order valence-electron chi connectivity index (χ2n) is 5.31. The van der Waals surface area contributed by atoms with Crippen LogP contribution in [0.3, 0.4) is 0 Å². The van der Waals surface area contributed by atoms with Gasteiger partial charge in [-0.2, -0.15) is 0 Å². The third kappa shape index (κ3) is 2.83. The molecule has 1 aliphatic heterocycles. The predicted octanol–water partition coefficient (Wildman–Crippen LogP) is 0.228. The number of hydrogen-bond donors (Lipinski definition) is 1. The van der Waals surface area contributed by atoms with Crippen molar-refractivity contribution in [3.63, 3.8) is 0 Å². The summed E-state index contributed by atoms with van der Waals surface area (Å²) in [6.07, 6.45) is 3.42. The Labute approximate surface area is 108 Å². The first-order valence-electron chi connectivity index (χ1n) is 6.85. The second-order valence-corrected chi connectivity index (χ2v) is 5.31. The molecule has 18 heavy (non-hydrogen) atoms. The molecule has 102 valence electrons. The SMILES string of the molecule is CC(O)C(=O)N1CCN(C(=O)C2CCCC2)CC1. The van der Waals surface area contributed by atoms with Gasteiger partial charge in [-0.15, -0.1) is 0 Å². The van der Waals surface area contributed by atoms with Gasteiger partial charge in [0, 0.05) is 32.1 Å². The molecule has 1 atom stereocenters. The third-order valence-electron chi connectivity index (χ3n) is 3.96. The number of hydrogen-bond acceptors (Lipinski definition) is 3. The largest absolute Gasteiger partial charge is 0.384 e. The van der Waals surface area contributed by atoms with E-state index in [1.807, 2.05) is 4.90 Å². The van der Waals surface area contributed by atoms with Gasteiger partial charge in [-0.3, -0.25) is 9.59 Å². The van der Waals surface area contributed by atoms with E-state index < -0.39 is 6.10 Å². The van der Waals surface area contributed by atoms with Crippen molar-refractivity contribution in [1.29, 1.82) is 0 Å². The minimum Gasteiger partial charge on any atom is -0.384 e. The lowest BCUT2D eigenvalue weighted by Gasteiger charge is -2.36. The maximum Gasteiger partial charge on any atom is 0.251 e. The molecule has 0 spiro atoms. The van der Waals surface area contributed by atoms with Gasteiger partial charge in [0.2, 0.25) is 5.91 Å². The molecule has 0 aromatic carbocycles. The number of piperazine rings is 1. The zero-order valence-electron chi connectivity index (χ0n) is 11.0. The molecule has 0 aromatic heterocycles. The van der Waals surface area contributed by atoms with Crippen molar-refractivity contribution in [2.75, 3.05) is 26.2 Å². The second kappa shape index (κ2) is 5.69. The van der Waals surface area contributed by atoms with E-state index in [-0.39, 0.29) is 17.7 Å². The number of amides is 2. The third-order valence-corrected chi connectivity index (χ3v) is 3.96. The van der Waals surface area contributed by atoms with Gasteiger partial charge in [-0.1, -0.05) is 12.8 Å². The molecule has 0 bridgehead atoms. The van der Waals surface area contributed by atoms with Crippen LogP contribution < -0.4 is 0 Å². The fourth-order valence-electron chi connectivity index (χ4n) is 2.84. The summed E-state index contributed by atoms with van der Waals surface area (Å²) in [6.45, 7) is 3.78. The van der Waals surface area contributed by atoms with Crippen LogP contribution in [-0.2, 0) is 9.59 Å². The summed E-state index contributed by atoms with van der Waals surface area (Å²) in [5, 5.41) is 9.25. The van der Waals surface area contributed by atoms with E-state index in [0.717, 1.165) is 25.7 Å². The van der Waals surface area contributed by atoms with Crippen LogP contribution in [0.2, 0.25) is 0 Å². The first-order chi connectivity index (χ1) is 8.59. The lowest BCUT2D eigenvalue weighted by Crippen LogP contribution is -2.53. The fourth-order valence-corrected chi connectivity index (χ4v) is 2.84. The zero-order valence-corrected chi connectivity index (χ0v) is 11.0. The van der Waals surface area contributed by atoms with Crippen LogP contribution in [0, 0.1) is 5.92 Å². The van der Waals surface area contributed by atoms with Crippen LogP contribution >= 0.6 is 0 Å². The van der Waals surface area contributed by atoms with Crippen molar-refractivity contribution in [3.8, 4) is 0 Å². The van der Waals surface area contributed by atoms with Gasteiger partial charge in [-0.05, 0) is 19.8 Å². The van der Waals surface area contributed by atoms with Crippen LogP contribution in [0.15, 0.2) is 0 Å².